The molecule has 0 aliphatic carbocycles. The average Bonchev–Trinajstić information content (AvgIpc) is 2.67. The van der Waals surface area contributed by atoms with E-state index in [4.69, 9.17) is 4.74 Å². The van der Waals surface area contributed by atoms with Crippen LogP contribution in [0.2, 0.25) is 0 Å². The lowest BCUT2D eigenvalue weighted by Crippen LogP contribution is -2.25. The molecule has 0 amide bonds. The SMILES string of the molecule is CCOCC(C(C)C)n1nnnc1CNC. The van der Waals surface area contributed by atoms with Crippen LogP contribution in [0.25, 0.3) is 0 Å². The molecular weight excluding hydrogens is 206 g/mol. The van der Waals surface area contributed by atoms with Crippen molar-refractivity contribution in [2.75, 3.05) is 20.3 Å². The van der Waals surface area contributed by atoms with Crippen molar-refractivity contribution < 1.29 is 4.74 Å². The first kappa shape index (κ1) is 13.1. The number of rotatable bonds is 7. The first-order chi connectivity index (χ1) is 7.70. The number of nitrogens with one attached hydrogen (secondary N) is 1. The van der Waals surface area contributed by atoms with Crippen molar-refractivity contribution in [3.8, 4) is 0 Å². The molecule has 1 aromatic rings. The molecule has 0 bridgehead atoms. The van der Waals surface area contributed by atoms with Gasteiger partial charge < -0.3 is 10.1 Å². The van der Waals surface area contributed by atoms with Crippen LogP contribution in [0.3, 0.4) is 0 Å². The van der Waals surface area contributed by atoms with E-state index in [-0.39, 0.29) is 6.04 Å². The molecule has 6 heteroatoms. The smallest absolute Gasteiger partial charge is 0.165 e. The van der Waals surface area contributed by atoms with E-state index < -0.39 is 0 Å². The van der Waals surface area contributed by atoms with Gasteiger partial charge >= 0.3 is 0 Å². The molecule has 1 rings (SSSR count). The molecule has 0 spiro atoms. The summed E-state index contributed by atoms with van der Waals surface area (Å²) in [6, 6.07) is 0.193. The molecule has 0 saturated carbocycles. The second kappa shape index (κ2) is 6.55. The quantitative estimate of drug-likeness (QED) is 0.740. The van der Waals surface area contributed by atoms with Crippen molar-refractivity contribution in [2.24, 2.45) is 5.92 Å². The summed E-state index contributed by atoms with van der Waals surface area (Å²) < 4.78 is 7.34. The van der Waals surface area contributed by atoms with E-state index in [0.717, 1.165) is 5.82 Å². The third-order valence-electron chi connectivity index (χ3n) is 2.47. The van der Waals surface area contributed by atoms with Gasteiger partial charge in [-0.3, -0.25) is 0 Å². The van der Waals surface area contributed by atoms with E-state index in [0.29, 0.717) is 25.7 Å². The fourth-order valence-electron chi connectivity index (χ4n) is 1.53. The van der Waals surface area contributed by atoms with E-state index in [1.807, 2.05) is 18.7 Å². The van der Waals surface area contributed by atoms with Gasteiger partial charge in [0, 0.05) is 6.61 Å². The zero-order valence-corrected chi connectivity index (χ0v) is 10.5. The Hall–Kier alpha value is -1.01. The molecule has 1 atom stereocenters. The number of hydrogen-bond donors (Lipinski definition) is 1. The standard InChI is InChI=1S/C10H21N5O/c1-5-16-7-9(8(2)3)15-10(6-11-4)12-13-14-15/h8-9,11H,5-7H2,1-4H3. The third kappa shape index (κ3) is 3.24. The fourth-order valence-corrected chi connectivity index (χ4v) is 1.53. The van der Waals surface area contributed by atoms with Crippen molar-refractivity contribution in [3.63, 3.8) is 0 Å². The van der Waals surface area contributed by atoms with Gasteiger partial charge in [-0.15, -0.1) is 5.10 Å². The Morgan fingerprint density at radius 3 is 2.75 bits per heavy atom. The van der Waals surface area contributed by atoms with Crippen LogP contribution >= 0.6 is 0 Å². The van der Waals surface area contributed by atoms with Gasteiger partial charge in [-0.25, -0.2) is 4.68 Å². The number of ether oxygens (including phenoxy) is 1. The summed E-state index contributed by atoms with van der Waals surface area (Å²) >= 11 is 0. The van der Waals surface area contributed by atoms with E-state index in [2.05, 4.69) is 34.7 Å². The van der Waals surface area contributed by atoms with Gasteiger partial charge in [0.25, 0.3) is 0 Å². The first-order valence-electron chi connectivity index (χ1n) is 5.69. The van der Waals surface area contributed by atoms with Crippen LogP contribution in [0.1, 0.15) is 32.6 Å². The maximum Gasteiger partial charge on any atom is 0.165 e. The van der Waals surface area contributed by atoms with Crippen molar-refractivity contribution >= 4 is 0 Å². The molecule has 92 valence electrons. The highest BCUT2D eigenvalue weighted by atomic mass is 16.5. The fraction of sp³-hybridized carbons (Fsp3) is 0.900. The third-order valence-corrected chi connectivity index (χ3v) is 2.47. The van der Waals surface area contributed by atoms with E-state index in [1.54, 1.807) is 0 Å². The molecule has 1 heterocycles. The minimum Gasteiger partial charge on any atom is -0.380 e. The number of nitrogens with zero attached hydrogens (tertiary/aromatic N) is 4. The average molecular weight is 227 g/mol. The minimum atomic E-state index is 0.193. The molecule has 0 aliphatic rings. The lowest BCUT2D eigenvalue weighted by atomic mass is 10.1. The Morgan fingerprint density at radius 2 is 2.19 bits per heavy atom. The second-order valence-corrected chi connectivity index (χ2v) is 4.04. The molecule has 1 aromatic heterocycles. The van der Waals surface area contributed by atoms with Crippen LogP contribution in [0.5, 0.6) is 0 Å². The zero-order valence-electron chi connectivity index (χ0n) is 10.5. The molecule has 6 nitrogen and oxygen atoms in total. The van der Waals surface area contributed by atoms with E-state index >= 15 is 0 Å². The van der Waals surface area contributed by atoms with Gasteiger partial charge in [-0.05, 0) is 30.3 Å². The molecule has 16 heavy (non-hydrogen) atoms. The van der Waals surface area contributed by atoms with E-state index in [9.17, 15) is 0 Å². The minimum absolute atomic E-state index is 0.193. The predicted octanol–water partition coefficient (Wildman–Crippen LogP) is 0.626. The topological polar surface area (TPSA) is 64.9 Å². The van der Waals surface area contributed by atoms with Crippen LogP contribution in [-0.4, -0.2) is 40.5 Å². The van der Waals surface area contributed by atoms with Gasteiger partial charge in [-0.1, -0.05) is 13.8 Å². The summed E-state index contributed by atoms with van der Waals surface area (Å²) in [6.45, 7) is 8.32. The van der Waals surface area contributed by atoms with Crippen LogP contribution in [0.15, 0.2) is 0 Å². The summed E-state index contributed by atoms with van der Waals surface area (Å²) in [5.41, 5.74) is 0. The zero-order chi connectivity index (χ0) is 12.0. The monoisotopic (exact) mass is 227 g/mol. The number of tetrazole rings is 1. The molecule has 0 fully saturated rings. The van der Waals surface area contributed by atoms with Gasteiger partial charge in [0.05, 0.1) is 19.2 Å². The molecule has 0 radical (unpaired) electrons. The summed E-state index contributed by atoms with van der Waals surface area (Å²) in [5, 5.41) is 14.8. The normalized spacial score (nSPS) is 13.3. The van der Waals surface area contributed by atoms with Crippen molar-refractivity contribution in [3.05, 3.63) is 5.82 Å². The first-order valence-corrected chi connectivity index (χ1v) is 5.69. The maximum absolute atomic E-state index is 5.48. The Balaban J connectivity index is 2.78. The largest absolute Gasteiger partial charge is 0.380 e. The summed E-state index contributed by atoms with van der Waals surface area (Å²) in [7, 11) is 1.88. The molecule has 1 N–H and O–H groups in total. The van der Waals surface area contributed by atoms with Crippen molar-refractivity contribution in [2.45, 2.75) is 33.4 Å². The molecule has 1 unspecified atom stereocenters. The van der Waals surface area contributed by atoms with Crippen LogP contribution in [0.4, 0.5) is 0 Å². The maximum atomic E-state index is 5.48. The highest BCUT2D eigenvalue weighted by Gasteiger charge is 2.20. The summed E-state index contributed by atoms with van der Waals surface area (Å²) in [5.74, 6) is 1.28. The Bertz CT molecular complexity index is 299. The Kier molecular flexibility index (Phi) is 5.34. The van der Waals surface area contributed by atoms with Crippen LogP contribution < -0.4 is 5.32 Å². The summed E-state index contributed by atoms with van der Waals surface area (Å²) in [4.78, 5) is 0. The van der Waals surface area contributed by atoms with Crippen molar-refractivity contribution in [1.82, 2.24) is 25.5 Å². The molecule has 0 aliphatic heterocycles. The van der Waals surface area contributed by atoms with Gasteiger partial charge in [0.1, 0.15) is 0 Å². The molecule has 0 saturated heterocycles. The Morgan fingerprint density at radius 1 is 1.44 bits per heavy atom. The summed E-state index contributed by atoms with van der Waals surface area (Å²) in [6.07, 6.45) is 0. The lowest BCUT2D eigenvalue weighted by molar-refractivity contribution is 0.0891. The lowest BCUT2D eigenvalue weighted by Gasteiger charge is -2.21. The molecule has 0 aromatic carbocycles. The number of hydrogen-bond acceptors (Lipinski definition) is 5. The van der Waals surface area contributed by atoms with Gasteiger partial charge in [0.2, 0.25) is 0 Å². The number of aromatic nitrogens is 4. The predicted molar refractivity (Wildman–Crippen MR) is 60.9 cm³/mol. The van der Waals surface area contributed by atoms with Crippen LogP contribution in [0, 0.1) is 5.92 Å². The highest BCUT2D eigenvalue weighted by molar-refractivity contribution is 4.84. The molecular formula is C10H21N5O. The Labute approximate surface area is 96.4 Å². The second-order valence-electron chi connectivity index (χ2n) is 4.04. The van der Waals surface area contributed by atoms with Gasteiger partial charge in [0.15, 0.2) is 5.82 Å². The highest BCUT2D eigenvalue weighted by Crippen LogP contribution is 2.17. The van der Waals surface area contributed by atoms with E-state index in [1.165, 1.54) is 0 Å². The van der Waals surface area contributed by atoms with Crippen molar-refractivity contribution in [1.29, 1.82) is 0 Å². The van der Waals surface area contributed by atoms with Crippen LogP contribution in [-0.2, 0) is 11.3 Å². The van der Waals surface area contributed by atoms with Gasteiger partial charge in [-0.2, -0.15) is 0 Å².